The number of allylic oxidation sites excluding steroid dienone is 4. The molecule has 0 aliphatic heterocycles. The van der Waals surface area contributed by atoms with Gasteiger partial charge < -0.3 is 0 Å². The maximum absolute atomic E-state index is 11.2. The van der Waals surface area contributed by atoms with Crippen LogP contribution in [0.3, 0.4) is 0 Å². The average molecular weight is 199 g/mol. The van der Waals surface area contributed by atoms with Crippen molar-refractivity contribution in [3.05, 3.63) is 23.8 Å². The van der Waals surface area contributed by atoms with Crippen molar-refractivity contribution in [2.75, 3.05) is 0 Å². The van der Waals surface area contributed by atoms with Crippen LogP contribution in [0.5, 0.6) is 0 Å². The lowest BCUT2D eigenvalue weighted by molar-refractivity contribution is -0.113. The van der Waals surface area contributed by atoms with Crippen molar-refractivity contribution in [3.63, 3.8) is 0 Å². The lowest BCUT2D eigenvalue weighted by atomic mass is 9.95. The van der Waals surface area contributed by atoms with Crippen LogP contribution in [0.1, 0.15) is 20.8 Å². The summed E-state index contributed by atoms with van der Waals surface area (Å²) in [6, 6.07) is 0. The average Bonchev–Trinajstić information content (AvgIpc) is 2.18. The molecule has 0 fully saturated rings. The normalized spacial score (nSPS) is 33.8. The Bertz CT molecular complexity index is 265. The summed E-state index contributed by atoms with van der Waals surface area (Å²) in [5.41, 5.74) is 0.731. The number of carbonyl (C=O) groups excluding carboxylic acids is 1. The minimum Gasteiger partial charge on any atom is -0.295 e. The van der Waals surface area contributed by atoms with Gasteiger partial charge in [-0.15, -0.1) is 11.6 Å². The second-order valence-electron chi connectivity index (χ2n) is 3.68. The van der Waals surface area contributed by atoms with E-state index in [9.17, 15) is 4.79 Å². The molecule has 0 spiro atoms. The highest BCUT2D eigenvalue weighted by atomic mass is 35.5. The lowest BCUT2D eigenvalue weighted by Gasteiger charge is -2.10. The second-order valence-corrected chi connectivity index (χ2v) is 4.15. The minimum absolute atomic E-state index is 0.0746. The van der Waals surface area contributed by atoms with Gasteiger partial charge in [-0.1, -0.05) is 32.1 Å². The number of rotatable bonds is 1. The molecule has 0 N–H and O–H groups in total. The smallest absolute Gasteiger partial charge is 0.157 e. The summed E-state index contributed by atoms with van der Waals surface area (Å²) in [5, 5.41) is -0.245. The second kappa shape index (κ2) is 4.10. The van der Waals surface area contributed by atoms with Gasteiger partial charge in [0.05, 0.1) is 5.38 Å². The molecule has 0 bridgehead atoms. The fraction of sp³-hybridized carbons (Fsp3) is 0.545. The predicted octanol–water partition coefficient (Wildman–Crippen LogP) is 2.95. The van der Waals surface area contributed by atoms with E-state index in [4.69, 9.17) is 11.6 Å². The van der Waals surface area contributed by atoms with Crippen LogP contribution in [-0.4, -0.2) is 11.2 Å². The summed E-state index contributed by atoms with van der Waals surface area (Å²) >= 11 is 6.04. The zero-order valence-electron chi connectivity index (χ0n) is 8.25. The summed E-state index contributed by atoms with van der Waals surface area (Å²) in [6.07, 6.45) is 5.97. The Balaban J connectivity index is 2.99. The predicted molar refractivity (Wildman–Crippen MR) is 55.9 cm³/mol. The van der Waals surface area contributed by atoms with E-state index in [-0.39, 0.29) is 11.2 Å². The van der Waals surface area contributed by atoms with Crippen LogP contribution in [0.4, 0.5) is 0 Å². The number of Topliss-reactive ketones (excluding diaryl/α,β-unsaturated/α-hetero) is 1. The summed E-state index contributed by atoms with van der Waals surface area (Å²) in [5.74, 6) is 0.919. The van der Waals surface area contributed by atoms with Crippen LogP contribution in [0, 0.1) is 11.8 Å². The third kappa shape index (κ3) is 2.44. The van der Waals surface area contributed by atoms with Crippen LogP contribution in [0.2, 0.25) is 0 Å². The van der Waals surface area contributed by atoms with Gasteiger partial charge in [0, 0.05) is 5.57 Å². The van der Waals surface area contributed by atoms with Gasteiger partial charge in [0.2, 0.25) is 0 Å². The van der Waals surface area contributed by atoms with Gasteiger partial charge in [0.15, 0.2) is 5.78 Å². The highest BCUT2D eigenvalue weighted by molar-refractivity contribution is 6.26. The fourth-order valence-corrected chi connectivity index (χ4v) is 1.70. The monoisotopic (exact) mass is 198 g/mol. The first kappa shape index (κ1) is 10.5. The Hall–Kier alpha value is -0.560. The number of hydrogen-bond acceptors (Lipinski definition) is 1. The Morgan fingerprint density at radius 1 is 1.31 bits per heavy atom. The Labute approximate surface area is 84.5 Å². The zero-order chi connectivity index (χ0) is 10.0. The van der Waals surface area contributed by atoms with Crippen molar-refractivity contribution in [2.24, 2.45) is 11.8 Å². The van der Waals surface area contributed by atoms with E-state index in [1.807, 2.05) is 12.2 Å². The van der Waals surface area contributed by atoms with Crippen molar-refractivity contribution < 1.29 is 4.79 Å². The highest BCUT2D eigenvalue weighted by Gasteiger charge is 2.19. The Morgan fingerprint density at radius 2 is 1.92 bits per heavy atom. The van der Waals surface area contributed by atoms with Gasteiger partial charge in [-0.05, 0) is 18.8 Å². The molecule has 1 aliphatic rings. The summed E-state index contributed by atoms with van der Waals surface area (Å²) in [6.45, 7) is 5.80. The molecule has 2 heteroatoms. The molecule has 0 aromatic heterocycles. The van der Waals surface area contributed by atoms with Gasteiger partial charge in [-0.3, -0.25) is 4.79 Å². The number of halogens is 1. The maximum Gasteiger partial charge on any atom is 0.157 e. The van der Waals surface area contributed by atoms with E-state index in [0.717, 1.165) is 5.57 Å². The standard InChI is InChI=1S/C11H15ClO/c1-7-4-5-11(12)10(9(3)13)6-8(7)2/h4-8,11H,1-3H3. The summed E-state index contributed by atoms with van der Waals surface area (Å²) < 4.78 is 0. The van der Waals surface area contributed by atoms with Crippen LogP contribution in [-0.2, 0) is 4.79 Å². The lowest BCUT2D eigenvalue weighted by Crippen LogP contribution is -2.08. The van der Waals surface area contributed by atoms with E-state index < -0.39 is 0 Å². The molecule has 0 aromatic rings. The quantitative estimate of drug-likeness (QED) is 0.468. The highest BCUT2D eigenvalue weighted by Crippen LogP contribution is 2.25. The molecule has 0 amide bonds. The zero-order valence-corrected chi connectivity index (χ0v) is 9.01. The first-order chi connectivity index (χ1) is 6.02. The SMILES string of the molecule is CC(=O)C1=CC(C)C(C)C=CC1Cl. The van der Waals surface area contributed by atoms with Gasteiger partial charge in [-0.2, -0.15) is 0 Å². The van der Waals surface area contributed by atoms with Crippen molar-refractivity contribution in [1.82, 2.24) is 0 Å². The van der Waals surface area contributed by atoms with Crippen molar-refractivity contribution in [2.45, 2.75) is 26.1 Å². The third-order valence-corrected chi connectivity index (χ3v) is 2.94. The van der Waals surface area contributed by atoms with Crippen molar-refractivity contribution >= 4 is 17.4 Å². The van der Waals surface area contributed by atoms with E-state index in [1.165, 1.54) is 0 Å². The van der Waals surface area contributed by atoms with Crippen LogP contribution in [0.25, 0.3) is 0 Å². The molecule has 1 rings (SSSR count). The minimum atomic E-state index is -0.245. The Kier molecular flexibility index (Phi) is 3.32. The van der Waals surface area contributed by atoms with Crippen molar-refractivity contribution in [3.8, 4) is 0 Å². The largest absolute Gasteiger partial charge is 0.295 e. The molecular formula is C11H15ClO. The molecule has 0 aromatic carbocycles. The molecule has 3 unspecified atom stereocenters. The number of carbonyl (C=O) groups is 1. The summed E-state index contributed by atoms with van der Waals surface area (Å²) in [7, 11) is 0. The molecule has 0 saturated carbocycles. The number of alkyl halides is 1. The van der Waals surface area contributed by atoms with Gasteiger partial charge in [0.1, 0.15) is 0 Å². The molecule has 13 heavy (non-hydrogen) atoms. The first-order valence-corrected chi connectivity index (χ1v) is 5.01. The van der Waals surface area contributed by atoms with E-state index in [0.29, 0.717) is 11.8 Å². The van der Waals surface area contributed by atoms with E-state index in [2.05, 4.69) is 19.9 Å². The first-order valence-electron chi connectivity index (χ1n) is 4.57. The molecule has 72 valence electrons. The topological polar surface area (TPSA) is 17.1 Å². The fourth-order valence-electron chi connectivity index (χ4n) is 1.39. The van der Waals surface area contributed by atoms with Crippen LogP contribution < -0.4 is 0 Å². The molecule has 0 heterocycles. The molecule has 3 atom stereocenters. The van der Waals surface area contributed by atoms with Crippen LogP contribution >= 0.6 is 11.6 Å². The van der Waals surface area contributed by atoms with Gasteiger partial charge in [-0.25, -0.2) is 0 Å². The van der Waals surface area contributed by atoms with Gasteiger partial charge >= 0.3 is 0 Å². The molecule has 0 radical (unpaired) electrons. The van der Waals surface area contributed by atoms with E-state index in [1.54, 1.807) is 6.92 Å². The van der Waals surface area contributed by atoms with Gasteiger partial charge in [0.25, 0.3) is 0 Å². The molecule has 1 aliphatic carbocycles. The maximum atomic E-state index is 11.2. The summed E-state index contributed by atoms with van der Waals surface area (Å²) in [4.78, 5) is 11.2. The molecule has 0 saturated heterocycles. The van der Waals surface area contributed by atoms with Crippen LogP contribution in [0.15, 0.2) is 23.8 Å². The molecular weight excluding hydrogens is 184 g/mol. The van der Waals surface area contributed by atoms with E-state index >= 15 is 0 Å². The van der Waals surface area contributed by atoms with Crippen molar-refractivity contribution in [1.29, 1.82) is 0 Å². The molecule has 1 nitrogen and oxygen atoms in total. The number of ketones is 1. The third-order valence-electron chi connectivity index (χ3n) is 2.56. The number of hydrogen-bond donors (Lipinski definition) is 0. The Morgan fingerprint density at radius 3 is 2.46 bits per heavy atom.